The molecule has 0 aliphatic heterocycles. The number of Topliss-reactive ketones (excluding diaryl/α,β-unsaturated/α-hetero) is 1. The van der Waals surface area contributed by atoms with Crippen molar-refractivity contribution < 1.29 is 14.4 Å². The highest BCUT2D eigenvalue weighted by molar-refractivity contribution is 6.04. The number of fused-ring (bicyclic) bond motifs is 7. The lowest BCUT2D eigenvalue weighted by Crippen LogP contribution is -2.65. The molecule has 6 aliphatic rings. The van der Waals surface area contributed by atoms with E-state index in [1.165, 1.54) is 19.3 Å². The number of carbonyl (C=O) groups is 3. The molecule has 4 saturated carbocycles. The van der Waals surface area contributed by atoms with E-state index in [2.05, 4.69) is 46.0 Å². The van der Waals surface area contributed by atoms with Crippen LogP contribution in [0, 0.1) is 61.6 Å². The number of allylic oxidation sites excluding steroid dienone is 4. The number of hydrogen-bond donors (Lipinski definition) is 1. The zero-order valence-corrected chi connectivity index (χ0v) is 27.1. The maximum absolute atomic E-state index is 14.6. The van der Waals surface area contributed by atoms with Crippen molar-refractivity contribution in [2.24, 2.45) is 50.2 Å². The van der Waals surface area contributed by atoms with Crippen LogP contribution in [0.15, 0.2) is 23.3 Å². The summed E-state index contributed by atoms with van der Waals surface area (Å²) in [6.07, 6.45) is 16.3. The highest BCUT2D eigenvalue weighted by atomic mass is 16.2. The summed E-state index contributed by atoms with van der Waals surface area (Å²) in [6.45, 7) is 15.5. The first kappa shape index (κ1) is 29.8. The zero-order chi connectivity index (χ0) is 30.5. The molecule has 228 valence electrons. The number of amides is 1. The van der Waals surface area contributed by atoms with Crippen molar-refractivity contribution >= 4 is 17.5 Å². The molecular formula is C37H52N2O3. The van der Waals surface area contributed by atoms with Crippen LogP contribution in [0.1, 0.15) is 126 Å². The molecule has 0 saturated heterocycles. The molecule has 6 rings (SSSR count). The maximum atomic E-state index is 14.6. The molecule has 6 aliphatic carbocycles. The van der Waals surface area contributed by atoms with Crippen LogP contribution < -0.4 is 5.32 Å². The number of carbonyl (C=O) groups excluding carboxylic acids is 3. The highest BCUT2D eigenvalue weighted by Gasteiger charge is 2.69. The van der Waals surface area contributed by atoms with Crippen LogP contribution in [0.3, 0.4) is 0 Å². The van der Waals surface area contributed by atoms with Crippen molar-refractivity contribution in [3.63, 3.8) is 0 Å². The van der Waals surface area contributed by atoms with E-state index in [0.717, 1.165) is 63.4 Å². The van der Waals surface area contributed by atoms with Gasteiger partial charge in [0.1, 0.15) is 6.07 Å². The topological polar surface area (TPSA) is 87.0 Å². The summed E-state index contributed by atoms with van der Waals surface area (Å²) in [5, 5.41) is 13.4. The summed E-state index contributed by atoms with van der Waals surface area (Å²) in [6, 6.07) is 2.50. The molecule has 8 atom stereocenters. The molecule has 5 heteroatoms. The van der Waals surface area contributed by atoms with Gasteiger partial charge in [-0.05, 0) is 91.9 Å². The lowest BCUT2D eigenvalue weighted by Gasteiger charge is -2.69. The summed E-state index contributed by atoms with van der Waals surface area (Å²) in [4.78, 5) is 41.7. The summed E-state index contributed by atoms with van der Waals surface area (Å²) in [5.74, 6) is 0.438. The van der Waals surface area contributed by atoms with E-state index in [1.807, 2.05) is 26.0 Å². The number of hydrogen-bond acceptors (Lipinski definition) is 4. The average molecular weight is 573 g/mol. The van der Waals surface area contributed by atoms with Gasteiger partial charge in [-0.3, -0.25) is 14.4 Å². The van der Waals surface area contributed by atoms with Crippen LogP contribution in [0.2, 0.25) is 0 Å². The summed E-state index contributed by atoms with van der Waals surface area (Å²) >= 11 is 0. The first-order valence-corrected chi connectivity index (χ1v) is 16.8. The molecule has 1 N–H and O–H groups in total. The minimum Gasteiger partial charge on any atom is -0.353 e. The van der Waals surface area contributed by atoms with E-state index in [0.29, 0.717) is 6.04 Å². The molecule has 0 aromatic carbocycles. The molecule has 5 nitrogen and oxygen atoms in total. The van der Waals surface area contributed by atoms with Crippen LogP contribution in [0.25, 0.3) is 0 Å². The van der Waals surface area contributed by atoms with Crippen molar-refractivity contribution in [1.29, 1.82) is 5.26 Å². The Morgan fingerprint density at radius 1 is 0.905 bits per heavy atom. The highest BCUT2D eigenvalue weighted by Crippen LogP contribution is 2.74. The molecule has 1 amide bonds. The summed E-state index contributed by atoms with van der Waals surface area (Å²) in [5.41, 5.74) is -0.638. The van der Waals surface area contributed by atoms with Gasteiger partial charge in [0.15, 0.2) is 11.6 Å². The average Bonchev–Trinajstić information content (AvgIpc) is 2.94. The van der Waals surface area contributed by atoms with Crippen LogP contribution in [-0.4, -0.2) is 23.5 Å². The smallest absolute Gasteiger partial charge is 0.226 e. The van der Waals surface area contributed by atoms with Gasteiger partial charge in [0.05, 0.1) is 5.57 Å². The third-order valence-corrected chi connectivity index (χ3v) is 14.6. The third-order valence-electron chi connectivity index (χ3n) is 14.6. The number of nitrogens with zero attached hydrogens (tertiary/aromatic N) is 1. The number of ketones is 2. The van der Waals surface area contributed by atoms with Crippen LogP contribution in [-0.2, 0) is 14.4 Å². The number of rotatable bonds is 2. The fourth-order valence-corrected chi connectivity index (χ4v) is 11.5. The fourth-order valence-electron chi connectivity index (χ4n) is 11.5. The lowest BCUT2D eigenvalue weighted by atomic mass is 9.34. The second-order valence-corrected chi connectivity index (χ2v) is 17.1. The minimum absolute atomic E-state index is 0.0530. The summed E-state index contributed by atoms with van der Waals surface area (Å²) in [7, 11) is 0. The van der Waals surface area contributed by atoms with Crippen molar-refractivity contribution in [3.05, 3.63) is 23.3 Å². The van der Waals surface area contributed by atoms with Crippen molar-refractivity contribution in [3.8, 4) is 6.07 Å². The minimum atomic E-state index is -0.653. The Morgan fingerprint density at radius 2 is 1.57 bits per heavy atom. The van der Waals surface area contributed by atoms with E-state index in [4.69, 9.17) is 0 Å². The Morgan fingerprint density at radius 3 is 2.24 bits per heavy atom. The molecule has 0 spiro atoms. The van der Waals surface area contributed by atoms with E-state index in [-0.39, 0.29) is 57.0 Å². The predicted molar refractivity (Wildman–Crippen MR) is 164 cm³/mol. The van der Waals surface area contributed by atoms with Crippen LogP contribution in [0.5, 0.6) is 0 Å². The van der Waals surface area contributed by atoms with Gasteiger partial charge in [0, 0.05) is 28.2 Å². The normalized spacial score (nSPS) is 46.6. The van der Waals surface area contributed by atoms with E-state index >= 15 is 0 Å². The van der Waals surface area contributed by atoms with Gasteiger partial charge in [-0.15, -0.1) is 0 Å². The number of nitriles is 1. The molecule has 0 bridgehead atoms. The molecule has 0 heterocycles. The SMILES string of the molecule is CC1(C(=O)NC2CCCCC2)CCC2(C)CCC3(C)C(C(=O)C=C4C5(C)C=C(C#N)C(=O)C(C)(C)C5CCC43C)C2C1. The molecule has 42 heavy (non-hydrogen) atoms. The molecular weight excluding hydrogens is 520 g/mol. The number of nitrogens with one attached hydrogen (secondary N) is 1. The van der Waals surface area contributed by atoms with Crippen LogP contribution >= 0.6 is 0 Å². The predicted octanol–water partition coefficient (Wildman–Crippen LogP) is 7.65. The Kier molecular flexibility index (Phi) is 6.67. The first-order valence-electron chi connectivity index (χ1n) is 16.8. The van der Waals surface area contributed by atoms with Gasteiger partial charge in [-0.1, -0.05) is 79.4 Å². The quantitative estimate of drug-likeness (QED) is 0.368. The maximum Gasteiger partial charge on any atom is 0.226 e. The monoisotopic (exact) mass is 572 g/mol. The standard InChI is InChI=1S/C37H52N2O3/c1-32(2)27-13-14-36(6)28(35(27,5)20-23(22-38)30(32)41)19-26(40)29-25-21-34(4,31(42)39-24-11-9-8-10-12-24)16-15-33(25,3)17-18-37(29,36)7/h19-20,24-25,27,29H,8-18,21H2,1-7H3,(H,39,42). The first-order chi connectivity index (χ1) is 19.6. The van der Waals surface area contributed by atoms with E-state index in [9.17, 15) is 19.6 Å². The van der Waals surface area contributed by atoms with Gasteiger partial charge in [-0.25, -0.2) is 0 Å². The largest absolute Gasteiger partial charge is 0.353 e. The molecule has 0 radical (unpaired) electrons. The molecule has 0 aromatic heterocycles. The van der Waals surface area contributed by atoms with Crippen molar-refractivity contribution in [1.82, 2.24) is 5.32 Å². The zero-order valence-electron chi connectivity index (χ0n) is 27.1. The Labute approximate surface area is 253 Å². The Bertz CT molecular complexity index is 1330. The van der Waals surface area contributed by atoms with Crippen molar-refractivity contribution in [2.45, 2.75) is 132 Å². The molecule has 8 unspecified atom stereocenters. The van der Waals surface area contributed by atoms with Gasteiger partial charge < -0.3 is 5.32 Å². The second-order valence-electron chi connectivity index (χ2n) is 17.1. The van der Waals surface area contributed by atoms with E-state index in [1.54, 1.807) is 0 Å². The molecule has 0 aromatic rings. The fraction of sp³-hybridized carbons (Fsp3) is 0.784. The van der Waals surface area contributed by atoms with Crippen LogP contribution in [0.4, 0.5) is 0 Å². The van der Waals surface area contributed by atoms with Crippen molar-refractivity contribution in [2.75, 3.05) is 0 Å². The lowest BCUT2D eigenvalue weighted by molar-refractivity contribution is -0.172. The second kappa shape index (κ2) is 9.39. The van der Waals surface area contributed by atoms with Gasteiger partial charge in [0.2, 0.25) is 5.91 Å². The molecule has 4 fully saturated rings. The summed E-state index contributed by atoms with van der Waals surface area (Å²) < 4.78 is 0. The third kappa shape index (κ3) is 3.88. The van der Waals surface area contributed by atoms with E-state index < -0.39 is 16.2 Å². The van der Waals surface area contributed by atoms with Gasteiger partial charge in [-0.2, -0.15) is 5.26 Å². The van der Waals surface area contributed by atoms with Gasteiger partial charge in [0.25, 0.3) is 0 Å². The van der Waals surface area contributed by atoms with Gasteiger partial charge >= 0.3 is 0 Å². The Hall–Kier alpha value is -2.22. The Balaban J connectivity index is 1.39.